The Hall–Kier alpha value is -3.27. The van der Waals surface area contributed by atoms with E-state index >= 15 is 0 Å². The highest BCUT2D eigenvalue weighted by Gasteiger charge is 2.50. The second-order valence-electron chi connectivity index (χ2n) is 5.47. The van der Waals surface area contributed by atoms with Crippen LogP contribution in [0.3, 0.4) is 0 Å². The van der Waals surface area contributed by atoms with Crippen LogP contribution in [-0.2, 0) is 10.3 Å². The molecule has 1 fully saturated rings. The van der Waals surface area contributed by atoms with Crippen molar-refractivity contribution in [2.24, 2.45) is 0 Å². The third-order valence-corrected chi connectivity index (χ3v) is 3.86. The van der Waals surface area contributed by atoms with E-state index in [9.17, 15) is 9.59 Å². The van der Waals surface area contributed by atoms with Gasteiger partial charge in [0.2, 0.25) is 0 Å². The lowest BCUT2D eigenvalue weighted by atomic mass is 9.99. The van der Waals surface area contributed by atoms with Crippen molar-refractivity contribution in [2.75, 3.05) is 13.2 Å². The number of amides is 3. The molecule has 1 aromatic heterocycles. The number of carbonyl (C=O) groups is 2. The normalized spacial score (nSPS) is 19.9. The Bertz CT molecular complexity index is 792. The number of ether oxygens (including phenoxy) is 1. The number of nitrogens with zero attached hydrogens (tertiary/aromatic N) is 2. The number of nitrogens with one attached hydrogen (secondary N) is 1. The Balaban J connectivity index is 1.62. The van der Waals surface area contributed by atoms with Crippen molar-refractivity contribution in [3.8, 4) is 11.8 Å². The zero-order valence-corrected chi connectivity index (χ0v) is 13.0. The van der Waals surface area contributed by atoms with E-state index < -0.39 is 11.6 Å². The molecule has 0 spiro atoms. The van der Waals surface area contributed by atoms with Crippen molar-refractivity contribution in [3.63, 3.8) is 0 Å². The maximum absolute atomic E-state index is 12.6. The molecule has 0 saturated carbocycles. The summed E-state index contributed by atoms with van der Waals surface area (Å²) in [6, 6.07) is 11.4. The van der Waals surface area contributed by atoms with Gasteiger partial charge in [0.1, 0.15) is 18.1 Å². The first kappa shape index (κ1) is 15.6. The maximum Gasteiger partial charge on any atom is 0.325 e. The largest absolute Gasteiger partial charge is 0.492 e. The van der Waals surface area contributed by atoms with Gasteiger partial charge in [-0.25, -0.2) is 4.79 Å². The lowest BCUT2D eigenvalue weighted by molar-refractivity contribution is -0.131. The predicted octanol–water partition coefficient (Wildman–Crippen LogP) is 2.00. The van der Waals surface area contributed by atoms with Gasteiger partial charge in [0.05, 0.1) is 24.4 Å². The smallest absolute Gasteiger partial charge is 0.325 e. The van der Waals surface area contributed by atoms with Crippen molar-refractivity contribution in [2.45, 2.75) is 12.5 Å². The summed E-state index contributed by atoms with van der Waals surface area (Å²) in [7, 11) is 0. The lowest BCUT2D eigenvalue weighted by Gasteiger charge is -2.19. The minimum Gasteiger partial charge on any atom is -0.492 e. The first-order chi connectivity index (χ1) is 11.5. The standard InChI is InChI=1S/C17H15N3O4/c1-17(14-3-2-9-24-14)15(21)20(16(22)19-17)8-10-23-13-6-4-12(11-18)5-7-13/h2-7,9H,8,10H2,1H3,(H,19,22)/t17-/m1/s1. The summed E-state index contributed by atoms with van der Waals surface area (Å²) >= 11 is 0. The van der Waals surface area contributed by atoms with Gasteiger partial charge in [-0.2, -0.15) is 5.26 Å². The van der Waals surface area contributed by atoms with Gasteiger partial charge in [-0.3, -0.25) is 9.69 Å². The highest BCUT2D eigenvalue weighted by molar-refractivity contribution is 6.06. The zero-order chi connectivity index (χ0) is 17.2. The molecule has 2 aromatic rings. The number of imide groups is 1. The van der Waals surface area contributed by atoms with Crippen LogP contribution in [0.4, 0.5) is 4.79 Å². The molecule has 7 nitrogen and oxygen atoms in total. The number of urea groups is 1. The number of hydrogen-bond acceptors (Lipinski definition) is 5. The molecule has 0 unspecified atom stereocenters. The van der Waals surface area contributed by atoms with E-state index in [0.717, 1.165) is 4.90 Å². The van der Waals surface area contributed by atoms with Gasteiger partial charge in [0.15, 0.2) is 5.54 Å². The van der Waals surface area contributed by atoms with Crippen LogP contribution < -0.4 is 10.1 Å². The fourth-order valence-electron chi connectivity index (χ4n) is 2.51. The number of furan rings is 1. The molecule has 1 aliphatic rings. The fraction of sp³-hybridized carbons (Fsp3) is 0.235. The van der Waals surface area contributed by atoms with Crippen LogP contribution in [0.15, 0.2) is 47.1 Å². The monoisotopic (exact) mass is 325 g/mol. The van der Waals surface area contributed by atoms with Gasteiger partial charge in [0, 0.05) is 0 Å². The number of nitriles is 1. The lowest BCUT2D eigenvalue weighted by Crippen LogP contribution is -2.41. The molecular formula is C17H15N3O4. The molecule has 1 aromatic carbocycles. The van der Waals surface area contributed by atoms with E-state index in [0.29, 0.717) is 17.1 Å². The van der Waals surface area contributed by atoms with Crippen molar-refractivity contribution < 1.29 is 18.7 Å². The number of hydrogen-bond donors (Lipinski definition) is 1. The molecule has 7 heteroatoms. The minimum atomic E-state index is -1.20. The topological polar surface area (TPSA) is 95.6 Å². The fourth-order valence-corrected chi connectivity index (χ4v) is 2.51. The second-order valence-corrected chi connectivity index (χ2v) is 5.47. The summed E-state index contributed by atoms with van der Waals surface area (Å²) in [4.78, 5) is 25.7. The molecule has 1 aliphatic heterocycles. The molecular weight excluding hydrogens is 310 g/mol. The molecule has 0 radical (unpaired) electrons. The predicted molar refractivity (Wildman–Crippen MR) is 83.0 cm³/mol. The van der Waals surface area contributed by atoms with Gasteiger partial charge in [-0.1, -0.05) is 0 Å². The molecule has 24 heavy (non-hydrogen) atoms. The Labute approximate surface area is 138 Å². The van der Waals surface area contributed by atoms with Crippen molar-refractivity contribution in [1.82, 2.24) is 10.2 Å². The maximum atomic E-state index is 12.6. The van der Waals surface area contributed by atoms with Crippen LogP contribution >= 0.6 is 0 Å². The third kappa shape index (κ3) is 2.70. The summed E-state index contributed by atoms with van der Waals surface area (Å²) < 4.78 is 10.8. The van der Waals surface area contributed by atoms with E-state index in [-0.39, 0.29) is 19.1 Å². The molecule has 3 amide bonds. The quantitative estimate of drug-likeness (QED) is 0.848. The summed E-state index contributed by atoms with van der Waals surface area (Å²) in [5, 5.41) is 11.4. The molecule has 122 valence electrons. The molecule has 1 atom stereocenters. The van der Waals surface area contributed by atoms with Crippen LogP contribution in [0.5, 0.6) is 5.75 Å². The van der Waals surface area contributed by atoms with E-state index in [4.69, 9.17) is 14.4 Å². The summed E-state index contributed by atoms with van der Waals surface area (Å²) in [6.07, 6.45) is 1.46. The van der Waals surface area contributed by atoms with E-state index in [1.54, 1.807) is 43.3 Å². The Kier molecular flexibility index (Phi) is 3.96. The first-order valence-electron chi connectivity index (χ1n) is 7.35. The third-order valence-electron chi connectivity index (χ3n) is 3.86. The SMILES string of the molecule is C[C@]1(c2ccco2)NC(=O)N(CCOc2ccc(C#N)cc2)C1=O. The van der Waals surface area contributed by atoms with E-state index in [1.165, 1.54) is 6.26 Å². The van der Waals surface area contributed by atoms with Crippen molar-refractivity contribution in [1.29, 1.82) is 5.26 Å². The molecule has 1 saturated heterocycles. The first-order valence-corrected chi connectivity index (χ1v) is 7.35. The Morgan fingerprint density at radius 1 is 1.29 bits per heavy atom. The molecule has 1 N–H and O–H groups in total. The highest BCUT2D eigenvalue weighted by atomic mass is 16.5. The highest BCUT2D eigenvalue weighted by Crippen LogP contribution is 2.28. The van der Waals surface area contributed by atoms with Gasteiger partial charge >= 0.3 is 6.03 Å². The van der Waals surface area contributed by atoms with Crippen LogP contribution in [0.1, 0.15) is 18.2 Å². The van der Waals surface area contributed by atoms with Gasteiger partial charge in [-0.05, 0) is 43.3 Å². The molecule has 0 bridgehead atoms. The van der Waals surface area contributed by atoms with E-state index in [1.807, 2.05) is 6.07 Å². The minimum absolute atomic E-state index is 0.112. The van der Waals surface area contributed by atoms with Crippen LogP contribution in [-0.4, -0.2) is 30.0 Å². The molecule has 3 rings (SSSR count). The summed E-state index contributed by atoms with van der Waals surface area (Å²) in [5.74, 6) is 0.567. The van der Waals surface area contributed by atoms with Gasteiger partial charge in [-0.15, -0.1) is 0 Å². The Morgan fingerprint density at radius 2 is 2.04 bits per heavy atom. The number of carbonyl (C=O) groups excluding carboxylic acids is 2. The van der Waals surface area contributed by atoms with Crippen molar-refractivity contribution in [3.05, 3.63) is 54.0 Å². The summed E-state index contributed by atoms with van der Waals surface area (Å²) in [5.41, 5.74) is -0.666. The van der Waals surface area contributed by atoms with Crippen LogP contribution in [0, 0.1) is 11.3 Å². The summed E-state index contributed by atoms with van der Waals surface area (Å²) in [6.45, 7) is 1.87. The number of rotatable bonds is 5. The average molecular weight is 325 g/mol. The van der Waals surface area contributed by atoms with Gasteiger partial charge < -0.3 is 14.5 Å². The zero-order valence-electron chi connectivity index (χ0n) is 13.0. The molecule has 2 heterocycles. The van der Waals surface area contributed by atoms with Gasteiger partial charge in [0.25, 0.3) is 5.91 Å². The molecule has 0 aliphatic carbocycles. The second kappa shape index (κ2) is 6.08. The van der Waals surface area contributed by atoms with Crippen LogP contribution in [0.25, 0.3) is 0 Å². The number of benzene rings is 1. The Morgan fingerprint density at radius 3 is 2.67 bits per heavy atom. The van der Waals surface area contributed by atoms with Crippen molar-refractivity contribution >= 4 is 11.9 Å². The van der Waals surface area contributed by atoms with Crippen LogP contribution in [0.2, 0.25) is 0 Å². The average Bonchev–Trinajstić information content (AvgIpc) is 3.19. The van der Waals surface area contributed by atoms with E-state index in [2.05, 4.69) is 5.32 Å².